The number of benzene rings is 2. The van der Waals surface area contributed by atoms with Gasteiger partial charge in [0.05, 0.1) is 0 Å². The smallest absolute Gasteiger partial charge is 0.339 e. The number of rotatable bonds is 4. The van der Waals surface area contributed by atoms with Crippen LogP contribution in [0.5, 0.6) is 5.75 Å². The molecule has 0 fully saturated rings. The fraction of sp³-hybridized carbons (Fsp3) is 0. The van der Waals surface area contributed by atoms with Crippen molar-refractivity contribution in [2.75, 3.05) is 0 Å². The van der Waals surface area contributed by atoms with Crippen molar-refractivity contribution < 1.29 is 12.6 Å². The summed E-state index contributed by atoms with van der Waals surface area (Å²) in [6.45, 7) is 3.62. The van der Waals surface area contributed by atoms with Gasteiger partial charge in [-0.3, -0.25) is 0 Å². The molecule has 0 aliphatic carbocycles. The molecule has 2 rings (SSSR count). The van der Waals surface area contributed by atoms with E-state index in [1.807, 2.05) is 0 Å². The zero-order valence-electron chi connectivity index (χ0n) is 9.61. The highest BCUT2D eigenvalue weighted by Gasteiger charge is 2.15. The van der Waals surface area contributed by atoms with Gasteiger partial charge in [0.25, 0.3) is 0 Å². The van der Waals surface area contributed by atoms with Crippen LogP contribution >= 0.6 is 0 Å². The van der Waals surface area contributed by atoms with Crippen molar-refractivity contribution in [2.24, 2.45) is 0 Å². The molecule has 0 radical (unpaired) electrons. The van der Waals surface area contributed by atoms with Crippen LogP contribution in [-0.2, 0) is 10.1 Å². The van der Waals surface area contributed by atoms with Gasteiger partial charge in [0.15, 0.2) is 0 Å². The van der Waals surface area contributed by atoms with E-state index in [0.717, 1.165) is 5.56 Å². The van der Waals surface area contributed by atoms with Crippen LogP contribution in [-0.4, -0.2) is 8.42 Å². The Balaban J connectivity index is 2.25. The molecule has 0 heterocycles. The normalized spacial score (nSPS) is 10.9. The maximum absolute atomic E-state index is 11.9. The summed E-state index contributed by atoms with van der Waals surface area (Å²) in [6, 6.07) is 14.7. The highest BCUT2D eigenvalue weighted by Crippen LogP contribution is 2.19. The monoisotopic (exact) mass is 260 g/mol. The molecule has 4 heteroatoms. The van der Waals surface area contributed by atoms with E-state index < -0.39 is 10.1 Å². The average molecular weight is 260 g/mol. The quantitative estimate of drug-likeness (QED) is 0.793. The first kappa shape index (κ1) is 12.4. The molecule has 2 aromatic rings. The van der Waals surface area contributed by atoms with E-state index in [-0.39, 0.29) is 10.6 Å². The summed E-state index contributed by atoms with van der Waals surface area (Å²) in [6.07, 6.45) is 1.68. The summed E-state index contributed by atoms with van der Waals surface area (Å²) < 4.78 is 28.9. The number of hydrogen-bond acceptors (Lipinski definition) is 3. The molecule has 0 N–H and O–H groups in total. The first-order valence-corrected chi connectivity index (χ1v) is 6.75. The van der Waals surface area contributed by atoms with Crippen LogP contribution in [0, 0.1) is 0 Å². The first-order chi connectivity index (χ1) is 8.62. The van der Waals surface area contributed by atoms with E-state index in [1.165, 1.54) is 12.1 Å². The predicted octanol–water partition coefficient (Wildman–Crippen LogP) is 3.10. The minimum atomic E-state index is -3.76. The standard InChI is InChI=1S/C14H12O3S/c1-2-12-8-10-13(11-9-12)17-18(15,16)14-6-4-3-5-7-14/h2-11H,1H2. The third kappa shape index (κ3) is 2.78. The molecule has 0 aliphatic rings. The second-order valence-corrected chi connectivity index (χ2v) is 5.17. The van der Waals surface area contributed by atoms with Gasteiger partial charge in [-0.2, -0.15) is 8.42 Å². The summed E-state index contributed by atoms with van der Waals surface area (Å²) in [7, 11) is -3.76. The summed E-state index contributed by atoms with van der Waals surface area (Å²) >= 11 is 0. The van der Waals surface area contributed by atoms with E-state index in [1.54, 1.807) is 48.5 Å². The van der Waals surface area contributed by atoms with E-state index >= 15 is 0 Å². The Labute approximate surface area is 106 Å². The SMILES string of the molecule is C=Cc1ccc(OS(=O)(=O)c2ccccc2)cc1. The predicted molar refractivity (Wildman–Crippen MR) is 70.8 cm³/mol. The maximum Gasteiger partial charge on any atom is 0.339 e. The van der Waals surface area contributed by atoms with Crippen LogP contribution in [0.3, 0.4) is 0 Å². The highest BCUT2D eigenvalue weighted by molar-refractivity contribution is 7.87. The molecule has 0 atom stereocenters. The molecule has 0 bridgehead atoms. The Kier molecular flexibility index (Phi) is 3.48. The lowest BCUT2D eigenvalue weighted by atomic mass is 10.2. The van der Waals surface area contributed by atoms with Gasteiger partial charge in [0.2, 0.25) is 0 Å². The summed E-state index contributed by atoms with van der Waals surface area (Å²) in [5.41, 5.74) is 0.902. The zero-order valence-corrected chi connectivity index (χ0v) is 10.4. The molecule has 0 saturated carbocycles. The van der Waals surface area contributed by atoms with Crippen molar-refractivity contribution in [2.45, 2.75) is 4.90 Å². The molecular formula is C14H12O3S. The first-order valence-electron chi connectivity index (χ1n) is 5.34. The lowest BCUT2D eigenvalue weighted by molar-refractivity contribution is 0.486. The van der Waals surface area contributed by atoms with Gasteiger partial charge >= 0.3 is 10.1 Å². The van der Waals surface area contributed by atoms with E-state index in [4.69, 9.17) is 4.18 Å². The Hall–Kier alpha value is -2.07. The second kappa shape index (κ2) is 5.06. The maximum atomic E-state index is 11.9. The molecule has 0 aliphatic heterocycles. The minimum Gasteiger partial charge on any atom is -0.379 e. The molecule has 0 aromatic heterocycles. The molecule has 18 heavy (non-hydrogen) atoms. The summed E-state index contributed by atoms with van der Waals surface area (Å²) in [4.78, 5) is 0.137. The van der Waals surface area contributed by atoms with Crippen molar-refractivity contribution >= 4 is 16.2 Å². The van der Waals surface area contributed by atoms with Crippen LogP contribution in [0.15, 0.2) is 66.1 Å². The van der Waals surface area contributed by atoms with Gasteiger partial charge in [-0.1, -0.05) is 43.0 Å². The van der Waals surface area contributed by atoms with E-state index in [0.29, 0.717) is 0 Å². The molecule has 2 aromatic carbocycles. The van der Waals surface area contributed by atoms with Crippen LogP contribution in [0.2, 0.25) is 0 Å². The molecule has 0 unspecified atom stereocenters. The third-order valence-corrected chi connectivity index (χ3v) is 3.61. The van der Waals surface area contributed by atoms with Crippen molar-refractivity contribution in [3.05, 3.63) is 66.7 Å². The van der Waals surface area contributed by atoms with Crippen molar-refractivity contribution in [1.82, 2.24) is 0 Å². The van der Waals surface area contributed by atoms with E-state index in [9.17, 15) is 8.42 Å². The van der Waals surface area contributed by atoms with Crippen LogP contribution < -0.4 is 4.18 Å². The lowest BCUT2D eigenvalue weighted by Crippen LogP contribution is -2.09. The Morgan fingerprint density at radius 1 is 0.944 bits per heavy atom. The van der Waals surface area contributed by atoms with Gasteiger partial charge in [-0.25, -0.2) is 0 Å². The molecule has 92 valence electrons. The third-order valence-electron chi connectivity index (χ3n) is 2.35. The Morgan fingerprint density at radius 3 is 2.11 bits per heavy atom. The van der Waals surface area contributed by atoms with Gasteiger partial charge in [-0.15, -0.1) is 0 Å². The Morgan fingerprint density at radius 2 is 1.56 bits per heavy atom. The van der Waals surface area contributed by atoms with Gasteiger partial charge in [0.1, 0.15) is 10.6 Å². The molecule has 0 amide bonds. The second-order valence-electron chi connectivity index (χ2n) is 3.62. The topological polar surface area (TPSA) is 43.4 Å². The fourth-order valence-corrected chi connectivity index (χ4v) is 2.37. The summed E-state index contributed by atoms with van der Waals surface area (Å²) in [5.74, 6) is 0.282. The molecular weight excluding hydrogens is 248 g/mol. The van der Waals surface area contributed by atoms with Crippen LogP contribution in [0.1, 0.15) is 5.56 Å². The fourth-order valence-electron chi connectivity index (χ4n) is 1.42. The number of hydrogen-bond donors (Lipinski definition) is 0. The van der Waals surface area contributed by atoms with Crippen LogP contribution in [0.4, 0.5) is 0 Å². The molecule has 3 nitrogen and oxygen atoms in total. The van der Waals surface area contributed by atoms with Gasteiger partial charge in [-0.05, 0) is 29.8 Å². The Bertz CT molecular complexity index is 628. The molecule has 0 saturated heterocycles. The highest BCUT2D eigenvalue weighted by atomic mass is 32.2. The minimum absolute atomic E-state index is 0.137. The summed E-state index contributed by atoms with van der Waals surface area (Å²) in [5, 5.41) is 0. The average Bonchev–Trinajstić information content (AvgIpc) is 2.40. The lowest BCUT2D eigenvalue weighted by Gasteiger charge is -2.06. The van der Waals surface area contributed by atoms with Crippen LogP contribution in [0.25, 0.3) is 6.08 Å². The van der Waals surface area contributed by atoms with Gasteiger partial charge < -0.3 is 4.18 Å². The van der Waals surface area contributed by atoms with Gasteiger partial charge in [0, 0.05) is 0 Å². The van der Waals surface area contributed by atoms with Crippen molar-refractivity contribution in [3.8, 4) is 5.75 Å². The molecule has 0 spiro atoms. The van der Waals surface area contributed by atoms with Crippen molar-refractivity contribution in [1.29, 1.82) is 0 Å². The zero-order chi connectivity index (χ0) is 13.0. The largest absolute Gasteiger partial charge is 0.379 e. The van der Waals surface area contributed by atoms with E-state index in [2.05, 4.69) is 6.58 Å². The van der Waals surface area contributed by atoms with Crippen molar-refractivity contribution in [3.63, 3.8) is 0 Å².